The minimum atomic E-state index is -0.448. The van der Waals surface area contributed by atoms with E-state index in [9.17, 15) is 0 Å². The third-order valence-electron chi connectivity index (χ3n) is 4.48. The van der Waals surface area contributed by atoms with Gasteiger partial charge >= 0.3 is 7.12 Å². The highest BCUT2D eigenvalue weighted by atomic mass is 16.7. The highest BCUT2D eigenvalue weighted by molar-refractivity contribution is 6.63. The van der Waals surface area contributed by atoms with Crippen molar-refractivity contribution in [3.63, 3.8) is 0 Å². The zero-order valence-corrected chi connectivity index (χ0v) is 13.4. The lowest BCUT2D eigenvalue weighted by Gasteiger charge is -2.32. The SMILES string of the molecule is COc1cc2cn(C)nc2cc1B1OC(C)(C)C(C)(C)O1. The minimum Gasteiger partial charge on any atom is -0.497 e. The van der Waals surface area contributed by atoms with Crippen LogP contribution in [0.2, 0.25) is 0 Å². The molecular weight excluding hydrogens is 267 g/mol. The summed E-state index contributed by atoms with van der Waals surface area (Å²) < 4.78 is 19.5. The molecule has 0 bridgehead atoms. The summed E-state index contributed by atoms with van der Waals surface area (Å²) in [5.74, 6) is 0.758. The van der Waals surface area contributed by atoms with E-state index >= 15 is 0 Å². The number of hydrogen-bond donors (Lipinski definition) is 0. The van der Waals surface area contributed by atoms with Crippen LogP contribution < -0.4 is 10.2 Å². The molecule has 5 nitrogen and oxygen atoms in total. The van der Waals surface area contributed by atoms with Gasteiger partial charge in [-0.25, -0.2) is 0 Å². The molecular formula is C15H21BN2O3. The lowest BCUT2D eigenvalue weighted by molar-refractivity contribution is 0.00578. The molecule has 0 N–H and O–H groups in total. The minimum absolute atomic E-state index is 0.373. The smallest absolute Gasteiger partial charge is 0.497 e. The predicted octanol–water partition coefficient (Wildman–Crippen LogP) is 1.88. The Morgan fingerprint density at radius 3 is 2.33 bits per heavy atom. The first-order valence-corrected chi connectivity index (χ1v) is 7.10. The summed E-state index contributed by atoms with van der Waals surface area (Å²) in [6.07, 6.45) is 1.96. The zero-order valence-electron chi connectivity index (χ0n) is 13.4. The van der Waals surface area contributed by atoms with Crippen LogP contribution in [0.1, 0.15) is 27.7 Å². The van der Waals surface area contributed by atoms with Gasteiger partial charge in [0.1, 0.15) is 5.75 Å². The van der Waals surface area contributed by atoms with Gasteiger partial charge in [0.2, 0.25) is 0 Å². The van der Waals surface area contributed by atoms with Gasteiger partial charge in [-0.15, -0.1) is 0 Å². The summed E-state index contributed by atoms with van der Waals surface area (Å²) in [6.45, 7) is 8.16. The van der Waals surface area contributed by atoms with Crippen molar-refractivity contribution < 1.29 is 14.0 Å². The molecule has 0 aliphatic carbocycles. The first kappa shape index (κ1) is 14.4. The number of benzene rings is 1. The number of fused-ring (bicyclic) bond motifs is 1. The van der Waals surface area contributed by atoms with Crippen molar-refractivity contribution in [3.05, 3.63) is 18.3 Å². The number of hydrogen-bond acceptors (Lipinski definition) is 4. The predicted molar refractivity (Wildman–Crippen MR) is 83.0 cm³/mol. The summed E-state index contributed by atoms with van der Waals surface area (Å²) >= 11 is 0. The molecule has 1 aromatic carbocycles. The van der Waals surface area contributed by atoms with Crippen LogP contribution in [0.4, 0.5) is 0 Å². The molecule has 1 fully saturated rings. The summed E-state index contributed by atoms with van der Waals surface area (Å²) in [7, 11) is 3.11. The highest BCUT2D eigenvalue weighted by Gasteiger charge is 2.52. The third kappa shape index (κ3) is 2.22. The van der Waals surface area contributed by atoms with E-state index in [1.807, 2.05) is 53.1 Å². The Morgan fingerprint density at radius 1 is 1.14 bits per heavy atom. The molecule has 0 atom stereocenters. The van der Waals surface area contributed by atoms with Gasteiger partial charge in [0, 0.05) is 24.1 Å². The normalized spacial score (nSPS) is 20.2. The van der Waals surface area contributed by atoms with E-state index in [0.29, 0.717) is 0 Å². The van der Waals surface area contributed by atoms with Crippen molar-refractivity contribution in [2.45, 2.75) is 38.9 Å². The molecule has 21 heavy (non-hydrogen) atoms. The fourth-order valence-corrected chi connectivity index (χ4v) is 2.52. The first-order chi connectivity index (χ1) is 9.73. The Morgan fingerprint density at radius 2 is 1.76 bits per heavy atom. The lowest BCUT2D eigenvalue weighted by Crippen LogP contribution is -2.41. The van der Waals surface area contributed by atoms with Gasteiger partial charge in [0.25, 0.3) is 0 Å². The Kier molecular flexibility index (Phi) is 3.08. The van der Waals surface area contributed by atoms with Crippen LogP contribution in [-0.4, -0.2) is 35.2 Å². The van der Waals surface area contributed by atoms with E-state index in [0.717, 1.165) is 22.1 Å². The summed E-state index contributed by atoms with van der Waals surface area (Å²) in [5, 5.41) is 5.48. The Labute approximate surface area is 125 Å². The molecule has 0 radical (unpaired) electrons. The summed E-state index contributed by atoms with van der Waals surface area (Å²) in [4.78, 5) is 0. The molecule has 0 saturated carbocycles. The van der Waals surface area contributed by atoms with E-state index in [1.165, 1.54) is 0 Å². The molecule has 1 aliphatic rings. The Bertz CT molecular complexity index is 678. The second-order valence-corrected chi connectivity index (χ2v) is 6.54. The van der Waals surface area contributed by atoms with Gasteiger partial charge in [-0.2, -0.15) is 5.10 Å². The van der Waals surface area contributed by atoms with Crippen molar-refractivity contribution >= 4 is 23.5 Å². The zero-order chi connectivity index (χ0) is 15.4. The molecule has 0 amide bonds. The van der Waals surface area contributed by atoms with Crippen molar-refractivity contribution in [2.75, 3.05) is 7.11 Å². The number of nitrogens with zero attached hydrogens (tertiary/aromatic N) is 2. The van der Waals surface area contributed by atoms with Gasteiger partial charge in [-0.1, -0.05) is 0 Å². The van der Waals surface area contributed by atoms with Crippen LogP contribution in [0.3, 0.4) is 0 Å². The molecule has 3 rings (SSSR count). The van der Waals surface area contributed by atoms with Crippen LogP contribution in [0.15, 0.2) is 18.3 Å². The molecule has 1 aromatic heterocycles. The van der Waals surface area contributed by atoms with Gasteiger partial charge < -0.3 is 14.0 Å². The second kappa shape index (κ2) is 4.48. The van der Waals surface area contributed by atoms with Crippen molar-refractivity contribution in [1.82, 2.24) is 9.78 Å². The maximum absolute atomic E-state index is 6.11. The molecule has 2 aromatic rings. The molecule has 112 valence electrons. The number of aromatic nitrogens is 2. The van der Waals surface area contributed by atoms with Crippen LogP contribution in [-0.2, 0) is 16.4 Å². The Hall–Kier alpha value is -1.53. The standard InChI is InChI=1S/C15H21BN2O3/c1-14(2)15(3,4)21-16(20-14)11-8-12-10(7-13(11)19-6)9-18(5)17-12/h7-9H,1-6H3. The molecule has 0 unspecified atom stereocenters. The topological polar surface area (TPSA) is 45.5 Å². The van der Waals surface area contributed by atoms with E-state index in [4.69, 9.17) is 14.0 Å². The largest absolute Gasteiger partial charge is 0.498 e. The van der Waals surface area contributed by atoms with Crippen LogP contribution >= 0.6 is 0 Å². The van der Waals surface area contributed by atoms with Crippen LogP contribution in [0, 0.1) is 0 Å². The number of rotatable bonds is 2. The second-order valence-electron chi connectivity index (χ2n) is 6.54. The number of methoxy groups -OCH3 is 1. The Balaban J connectivity index is 2.08. The van der Waals surface area contributed by atoms with Crippen molar-refractivity contribution in [2.24, 2.45) is 7.05 Å². The fraction of sp³-hybridized carbons (Fsp3) is 0.533. The van der Waals surface area contributed by atoms with Gasteiger partial charge in [0.05, 0.1) is 23.8 Å². The molecule has 1 aliphatic heterocycles. The monoisotopic (exact) mass is 288 g/mol. The summed E-state index contributed by atoms with van der Waals surface area (Å²) in [5.41, 5.74) is 1.04. The summed E-state index contributed by atoms with van der Waals surface area (Å²) in [6, 6.07) is 3.96. The van der Waals surface area contributed by atoms with Gasteiger partial charge in [-0.3, -0.25) is 4.68 Å². The van der Waals surface area contributed by atoms with Crippen LogP contribution in [0.5, 0.6) is 5.75 Å². The quantitative estimate of drug-likeness (QED) is 0.792. The average molecular weight is 288 g/mol. The average Bonchev–Trinajstić information content (AvgIpc) is 2.83. The molecule has 2 heterocycles. The van der Waals surface area contributed by atoms with Gasteiger partial charge in [-0.05, 0) is 39.8 Å². The van der Waals surface area contributed by atoms with Crippen molar-refractivity contribution in [3.8, 4) is 5.75 Å². The molecule has 0 spiro atoms. The lowest BCUT2D eigenvalue weighted by atomic mass is 9.78. The van der Waals surface area contributed by atoms with E-state index in [-0.39, 0.29) is 11.2 Å². The molecule has 6 heteroatoms. The number of ether oxygens (including phenoxy) is 1. The first-order valence-electron chi connectivity index (χ1n) is 7.10. The maximum Gasteiger partial charge on any atom is 0.498 e. The number of aryl methyl sites for hydroxylation is 1. The van der Waals surface area contributed by atoms with Gasteiger partial charge in [0.15, 0.2) is 0 Å². The van der Waals surface area contributed by atoms with E-state index in [2.05, 4.69) is 5.10 Å². The van der Waals surface area contributed by atoms with Crippen molar-refractivity contribution in [1.29, 1.82) is 0 Å². The third-order valence-corrected chi connectivity index (χ3v) is 4.48. The maximum atomic E-state index is 6.11. The van der Waals surface area contributed by atoms with E-state index < -0.39 is 7.12 Å². The highest BCUT2D eigenvalue weighted by Crippen LogP contribution is 2.37. The molecule has 1 saturated heterocycles. The van der Waals surface area contributed by atoms with Crippen LogP contribution in [0.25, 0.3) is 10.9 Å². The van der Waals surface area contributed by atoms with E-state index in [1.54, 1.807) is 11.8 Å². The fourth-order valence-electron chi connectivity index (χ4n) is 2.52.